The fourth-order valence-corrected chi connectivity index (χ4v) is 6.22. The highest BCUT2D eigenvalue weighted by Gasteiger charge is 2.62. The lowest BCUT2D eigenvalue weighted by molar-refractivity contribution is -0.169. The number of nitrogens with two attached hydrogens (primary N) is 1. The normalized spacial score (nSPS) is 22.6. The predicted molar refractivity (Wildman–Crippen MR) is 164 cm³/mol. The van der Waals surface area contributed by atoms with Crippen molar-refractivity contribution in [2.75, 3.05) is 12.3 Å². The van der Waals surface area contributed by atoms with Gasteiger partial charge in [-0.25, -0.2) is 14.1 Å². The van der Waals surface area contributed by atoms with Crippen LogP contribution in [-0.2, 0) is 42.4 Å². The lowest BCUT2D eigenvalue weighted by atomic mass is 9.95. The Labute approximate surface area is 271 Å². The molecule has 0 spiro atoms. The van der Waals surface area contributed by atoms with Crippen LogP contribution in [-0.4, -0.2) is 69.1 Å². The molecular weight excluding hydrogens is 635 g/mol. The van der Waals surface area contributed by atoms with E-state index >= 15 is 0 Å². The number of benzene rings is 1. The van der Waals surface area contributed by atoms with Crippen molar-refractivity contribution in [3.8, 4) is 11.8 Å². The van der Waals surface area contributed by atoms with Gasteiger partial charge in [-0.05, 0) is 45.0 Å². The molecule has 17 heteroatoms. The molecular formula is C30H37N6O10P. The van der Waals surface area contributed by atoms with E-state index < -0.39 is 68.3 Å². The van der Waals surface area contributed by atoms with Crippen LogP contribution in [0.5, 0.6) is 5.75 Å². The van der Waals surface area contributed by atoms with Crippen molar-refractivity contribution in [2.24, 2.45) is 0 Å². The van der Waals surface area contributed by atoms with E-state index in [1.54, 1.807) is 51.1 Å². The summed E-state index contributed by atoms with van der Waals surface area (Å²) in [4.78, 5) is 42.0. The fourth-order valence-electron chi connectivity index (χ4n) is 4.70. The second kappa shape index (κ2) is 14.9. The van der Waals surface area contributed by atoms with Crippen molar-refractivity contribution in [3.05, 3.63) is 54.5 Å². The summed E-state index contributed by atoms with van der Waals surface area (Å²) in [6.45, 7) is 6.96. The maximum Gasteiger partial charge on any atom is 0.459 e. The molecule has 6 atom stereocenters. The van der Waals surface area contributed by atoms with Gasteiger partial charge in [-0.1, -0.05) is 32.0 Å². The van der Waals surface area contributed by atoms with Crippen LogP contribution < -0.4 is 15.3 Å². The summed E-state index contributed by atoms with van der Waals surface area (Å²) in [7, 11) is -4.52. The number of anilines is 1. The molecule has 3 heterocycles. The zero-order chi connectivity index (χ0) is 34.4. The molecule has 1 fully saturated rings. The van der Waals surface area contributed by atoms with Crippen molar-refractivity contribution < 1.29 is 46.9 Å². The summed E-state index contributed by atoms with van der Waals surface area (Å²) >= 11 is 0. The summed E-state index contributed by atoms with van der Waals surface area (Å²) in [5.41, 5.74) is 4.47. The molecule has 0 unspecified atom stereocenters. The van der Waals surface area contributed by atoms with Gasteiger partial charge in [-0.3, -0.25) is 18.9 Å². The summed E-state index contributed by atoms with van der Waals surface area (Å²) in [6, 6.07) is 12.0. The van der Waals surface area contributed by atoms with E-state index in [0.717, 1.165) is 0 Å². The molecule has 16 nitrogen and oxygen atoms in total. The van der Waals surface area contributed by atoms with E-state index in [2.05, 4.69) is 15.2 Å². The Balaban J connectivity index is 1.77. The number of aromatic nitrogens is 3. The molecule has 3 aromatic rings. The fraction of sp³-hybridized carbons (Fsp3) is 0.467. The monoisotopic (exact) mass is 672 g/mol. The lowest BCUT2D eigenvalue weighted by Gasteiger charge is -2.30. The zero-order valence-corrected chi connectivity index (χ0v) is 27.4. The Morgan fingerprint density at radius 2 is 1.79 bits per heavy atom. The first-order valence-electron chi connectivity index (χ1n) is 14.9. The van der Waals surface area contributed by atoms with Crippen LogP contribution in [0.25, 0.3) is 5.52 Å². The highest BCUT2D eigenvalue weighted by atomic mass is 31.2. The zero-order valence-electron chi connectivity index (χ0n) is 26.5. The van der Waals surface area contributed by atoms with Gasteiger partial charge in [0.15, 0.2) is 18.0 Å². The third-order valence-electron chi connectivity index (χ3n) is 6.96. The number of nitrogens with zero attached hydrogens (tertiary/aromatic N) is 4. The molecule has 1 aliphatic rings. The second-order valence-corrected chi connectivity index (χ2v) is 12.5. The largest absolute Gasteiger partial charge is 0.462 e. The smallest absolute Gasteiger partial charge is 0.459 e. The first kappa shape index (κ1) is 35.3. The van der Waals surface area contributed by atoms with Crippen LogP contribution in [0, 0.1) is 11.3 Å². The first-order chi connectivity index (χ1) is 22.3. The SMILES string of the molecule is CCC(=O)O[C@H]1[C@H](c2ccc3c(N)ncnn23)O[C@](C#N)(CO[P@@](=O)(N[C@@H](C)C(=O)OC(C)C)Oc2ccccc2)[C@H]1OC(=O)CC. The molecule has 1 aromatic carbocycles. The van der Waals surface area contributed by atoms with Gasteiger partial charge in [0.2, 0.25) is 5.60 Å². The van der Waals surface area contributed by atoms with Gasteiger partial charge >= 0.3 is 25.7 Å². The molecule has 47 heavy (non-hydrogen) atoms. The average molecular weight is 673 g/mol. The molecule has 3 N–H and O–H groups in total. The van der Waals surface area contributed by atoms with Gasteiger partial charge < -0.3 is 29.2 Å². The van der Waals surface area contributed by atoms with E-state index in [-0.39, 0.29) is 30.1 Å². The molecule has 2 aromatic heterocycles. The summed E-state index contributed by atoms with van der Waals surface area (Å²) in [6.07, 6.45) is -3.64. The van der Waals surface area contributed by atoms with Gasteiger partial charge in [0.25, 0.3) is 0 Å². The Morgan fingerprint density at radius 1 is 1.11 bits per heavy atom. The van der Waals surface area contributed by atoms with Crippen molar-refractivity contribution in [1.82, 2.24) is 19.7 Å². The second-order valence-electron chi connectivity index (χ2n) is 10.8. The predicted octanol–water partition coefficient (Wildman–Crippen LogP) is 3.42. The Kier molecular flexibility index (Phi) is 11.2. The van der Waals surface area contributed by atoms with E-state index in [1.165, 1.54) is 36.8 Å². The molecule has 0 amide bonds. The molecule has 1 saturated heterocycles. The Bertz CT molecular complexity index is 1680. The third-order valence-corrected chi connectivity index (χ3v) is 8.59. The number of nitriles is 1. The molecule has 252 valence electrons. The van der Waals surface area contributed by atoms with Gasteiger partial charge in [-0.2, -0.15) is 15.4 Å². The van der Waals surface area contributed by atoms with E-state index in [1.807, 2.05) is 6.07 Å². The number of nitrogens with one attached hydrogen (secondary N) is 1. The third kappa shape index (κ3) is 8.06. The molecule has 1 aliphatic heterocycles. The van der Waals surface area contributed by atoms with Crippen LogP contribution in [0.4, 0.5) is 5.82 Å². The van der Waals surface area contributed by atoms with Crippen LogP contribution in [0.1, 0.15) is 59.3 Å². The number of carbonyl (C=O) groups is 3. The van der Waals surface area contributed by atoms with Crippen LogP contribution in [0.3, 0.4) is 0 Å². The topological polar surface area (TPSA) is 216 Å². The highest BCUT2D eigenvalue weighted by Crippen LogP contribution is 2.50. The van der Waals surface area contributed by atoms with Crippen molar-refractivity contribution in [2.45, 2.75) is 83.5 Å². The highest BCUT2D eigenvalue weighted by molar-refractivity contribution is 7.52. The molecule has 0 aliphatic carbocycles. The average Bonchev–Trinajstić information content (AvgIpc) is 3.60. The first-order valence-corrected chi connectivity index (χ1v) is 16.4. The van der Waals surface area contributed by atoms with Gasteiger partial charge in [0.05, 0.1) is 11.8 Å². The number of nitrogen functional groups attached to an aromatic ring is 1. The van der Waals surface area contributed by atoms with E-state index in [4.69, 9.17) is 33.7 Å². The van der Waals surface area contributed by atoms with Crippen molar-refractivity contribution in [1.29, 1.82) is 5.26 Å². The quantitative estimate of drug-likeness (QED) is 0.142. The minimum absolute atomic E-state index is 0.0495. The maximum atomic E-state index is 14.3. The van der Waals surface area contributed by atoms with Crippen LogP contribution >= 0.6 is 7.75 Å². The van der Waals surface area contributed by atoms with E-state index in [0.29, 0.717) is 5.52 Å². The minimum Gasteiger partial charge on any atom is -0.462 e. The molecule has 4 rings (SSSR count). The number of hydrogen-bond donors (Lipinski definition) is 2. The van der Waals surface area contributed by atoms with Crippen molar-refractivity contribution >= 4 is 37.0 Å². The van der Waals surface area contributed by atoms with Gasteiger partial charge in [-0.15, -0.1) is 0 Å². The van der Waals surface area contributed by atoms with Crippen molar-refractivity contribution in [3.63, 3.8) is 0 Å². The lowest BCUT2D eigenvalue weighted by Crippen LogP contribution is -2.49. The summed E-state index contributed by atoms with van der Waals surface area (Å²) < 4.78 is 50.1. The molecule has 0 radical (unpaired) electrons. The molecule has 0 bridgehead atoms. The Morgan fingerprint density at radius 3 is 2.43 bits per heavy atom. The summed E-state index contributed by atoms with van der Waals surface area (Å²) in [5.74, 6) is -1.90. The molecule has 0 saturated carbocycles. The number of hydrogen-bond acceptors (Lipinski definition) is 14. The number of esters is 3. The standard InChI is InChI=1S/C30H37N6O10P/c1-6-23(37)43-26-25(21-13-14-22-28(32)33-17-34-36(21)22)45-30(15-31,27(26)44-24(38)7-2)16-41-47(40,46-20-11-9-8-10-12-20)35-19(5)29(39)42-18(3)4/h8-14,17-19,25-27H,6-7,16H2,1-5H3,(H,35,40)(H2,32,33,34)/t19-,25-,26-,27-,30+,47-/m0/s1. The van der Waals surface area contributed by atoms with Crippen LogP contribution in [0.15, 0.2) is 48.8 Å². The number of fused-ring (bicyclic) bond motifs is 1. The van der Waals surface area contributed by atoms with Gasteiger partial charge in [0, 0.05) is 12.8 Å². The van der Waals surface area contributed by atoms with Gasteiger partial charge in [0.1, 0.15) is 42.4 Å². The number of para-hydroxylation sites is 1. The number of rotatable bonds is 14. The van der Waals surface area contributed by atoms with E-state index in [9.17, 15) is 24.2 Å². The Hall–Kier alpha value is -4.55. The van der Waals surface area contributed by atoms with Crippen LogP contribution in [0.2, 0.25) is 0 Å². The number of ether oxygens (including phenoxy) is 4. The minimum atomic E-state index is -4.52. The summed E-state index contributed by atoms with van der Waals surface area (Å²) in [5, 5.41) is 17.4. The maximum absolute atomic E-state index is 14.3. The number of carbonyl (C=O) groups excluding carboxylic acids is 3.